The SMILES string of the molecule is COc1cc(C(F)(F)F)ccc1CNC1C(c2ccccc2N(C)C)N(C(=O)C2CCCOC2)C(C(=O)O)C1C(C)(C)C. The van der Waals surface area contributed by atoms with Gasteiger partial charge >= 0.3 is 12.1 Å². The smallest absolute Gasteiger partial charge is 0.416 e. The Morgan fingerprint density at radius 1 is 1.14 bits per heavy atom. The number of methoxy groups -OCH3 is 1. The van der Waals surface area contributed by atoms with Crippen molar-refractivity contribution in [2.45, 2.75) is 64.5 Å². The van der Waals surface area contributed by atoms with Crippen LogP contribution in [0.25, 0.3) is 0 Å². The number of benzene rings is 2. The average molecular weight is 606 g/mol. The number of aliphatic carboxylic acids is 1. The largest absolute Gasteiger partial charge is 0.496 e. The molecule has 2 heterocycles. The number of hydrogen-bond acceptors (Lipinski definition) is 6. The Kier molecular flexibility index (Phi) is 9.66. The van der Waals surface area contributed by atoms with Gasteiger partial charge in [0, 0.05) is 50.5 Å². The number of carboxylic acids is 1. The molecule has 43 heavy (non-hydrogen) atoms. The number of para-hydroxylation sites is 1. The first-order chi connectivity index (χ1) is 20.2. The van der Waals surface area contributed by atoms with E-state index >= 15 is 0 Å². The van der Waals surface area contributed by atoms with Crippen LogP contribution in [0.5, 0.6) is 5.75 Å². The third-order valence-electron chi connectivity index (χ3n) is 8.56. The van der Waals surface area contributed by atoms with Crippen LogP contribution in [0.2, 0.25) is 0 Å². The Bertz CT molecular complexity index is 1300. The number of nitrogens with zero attached hydrogens (tertiary/aromatic N) is 2. The second kappa shape index (κ2) is 12.7. The van der Waals surface area contributed by atoms with E-state index < -0.39 is 53.1 Å². The molecule has 2 aliphatic heterocycles. The molecular weight excluding hydrogens is 563 g/mol. The van der Waals surface area contributed by atoms with Gasteiger partial charge in [-0.25, -0.2) is 4.79 Å². The number of alkyl halides is 3. The summed E-state index contributed by atoms with van der Waals surface area (Å²) in [7, 11) is 5.09. The normalized spacial score (nSPS) is 24.6. The number of nitrogens with one attached hydrogen (secondary N) is 1. The Balaban J connectivity index is 1.86. The molecule has 2 N–H and O–H groups in total. The summed E-state index contributed by atoms with van der Waals surface area (Å²) in [5, 5.41) is 14.2. The van der Waals surface area contributed by atoms with Gasteiger partial charge in [0.05, 0.1) is 31.2 Å². The van der Waals surface area contributed by atoms with Crippen LogP contribution < -0.4 is 15.0 Å². The highest BCUT2D eigenvalue weighted by atomic mass is 19.4. The highest BCUT2D eigenvalue weighted by Crippen LogP contribution is 2.50. The lowest BCUT2D eigenvalue weighted by atomic mass is 9.72. The van der Waals surface area contributed by atoms with Crippen molar-refractivity contribution in [1.29, 1.82) is 0 Å². The molecular formula is C32H42F3N3O5. The van der Waals surface area contributed by atoms with Crippen molar-refractivity contribution in [2.24, 2.45) is 17.3 Å². The molecule has 0 bridgehead atoms. The minimum absolute atomic E-state index is 0.0694. The Hall–Kier alpha value is -3.31. The number of hydrogen-bond donors (Lipinski definition) is 2. The van der Waals surface area contributed by atoms with Crippen molar-refractivity contribution < 1.29 is 37.3 Å². The minimum atomic E-state index is -4.53. The first kappa shape index (κ1) is 32.6. The number of carbonyl (C=O) groups is 2. The van der Waals surface area contributed by atoms with Gasteiger partial charge in [-0.15, -0.1) is 0 Å². The number of carboxylic acid groups (broad SMARTS) is 1. The van der Waals surface area contributed by atoms with Crippen molar-refractivity contribution in [1.82, 2.24) is 10.2 Å². The maximum atomic E-state index is 14.3. The lowest BCUT2D eigenvalue weighted by Gasteiger charge is -2.36. The fourth-order valence-electron chi connectivity index (χ4n) is 6.64. The number of likely N-dealkylation sites (tertiary alicyclic amines) is 1. The lowest BCUT2D eigenvalue weighted by molar-refractivity contribution is -0.156. The van der Waals surface area contributed by atoms with E-state index in [-0.39, 0.29) is 24.8 Å². The van der Waals surface area contributed by atoms with Crippen LogP contribution in [0, 0.1) is 17.3 Å². The molecule has 0 aliphatic carbocycles. The van der Waals surface area contributed by atoms with Crippen molar-refractivity contribution in [3.8, 4) is 5.75 Å². The third-order valence-corrected chi connectivity index (χ3v) is 8.56. The van der Waals surface area contributed by atoms with Crippen molar-refractivity contribution in [3.05, 3.63) is 59.2 Å². The summed E-state index contributed by atoms with van der Waals surface area (Å²) in [6, 6.07) is 8.54. The zero-order chi connectivity index (χ0) is 31.7. The summed E-state index contributed by atoms with van der Waals surface area (Å²) >= 11 is 0. The Morgan fingerprint density at radius 3 is 2.40 bits per heavy atom. The predicted molar refractivity (Wildman–Crippen MR) is 157 cm³/mol. The summed E-state index contributed by atoms with van der Waals surface area (Å²) in [6.45, 7) is 6.74. The van der Waals surface area contributed by atoms with E-state index in [1.807, 2.05) is 64.0 Å². The first-order valence-electron chi connectivity index (χ1n) is 14.5. The van der Waals surface area contributed by atoms with Gasteiger partial charge in [0.15, 0.2) is 0 Å². The molecule has 0 aromatic heterocycles. The number of amides is 1. The Morgan fingerprint density at radius 2 is 1.84 bits per heavy atom. The van der Waals surface area contributed by atoms with Crippen molar-refractivity contribution in [3.63, 3.8) is 0 Å². The van der Waals surface area contributed by atoms with E-state index in [1.165, 1.54) is 13.2 Å². The molecule has 11 heteroatoms. The molecule has 0 radical (unpaired) electrons. The third kappa shape index (κ3) is 6.77. The van der Waals surface area contributed by atoms with Crippen LogP contribution in [0.15, 0.2) is 42.5 Å². The molecule has 236 valence electrons. The summed E-state index contributed by atoms with van der Waals surface area (Å²) in [6.07, 6.45) is -3.22. The zero-order valence-electron chi connectivity index (χ0n) is 25.6. The molecule has 2 saturated heterocycles. The van der Waals surface area contributed by atoms with Gasteiger partial charge < -0.3 is 29.7 Å². The maximum Gasteiger partial charge on any atom is 0.416 e. The van der Waals surface area contributed by atoms with E-state index in [0.717, 1.165) is 23.4 Å². The van der Waals surface area contributed by atoms with Gasteiger partial charge in [-0.05, 0) is 42.0 Å². The van der Waals surface area contributed by atoms with E-state index in [4.69, 9.17) is 9.47 Å². The highest BCUT2D eigenvalue weighted by Gasteiger charge is 2.59. The number of halogens is 3. The van der Waals surface area contributed by atoms with Gasteiger partial charge in [0.25, 0.3) is 0 Å². The monoisotopic (exact) mass is 605 g/mol. The molecule has 2 fully saturated rings. The fraction of sp³-hybridized carbons (Fsp3) is 0.562. The van der Waals surface area contributed by atoms with Crippen molar-refractivity contribution in [2.75, 3.05) is 39.3 Å². The molecule has 5 unspecified atom stereocenters. The van der Waals surface area contributed by atoms with Crippen LogP contribution in [0.4, 0.5) is 18.9 Å². The first-order valence-corrected chi connectivity index (χ1v) is 14.5. The van der Waals surface area contributed by atoms with Crippen molar-refractivity contribution >= 4 is 17.6 Å². The molecule has 2 aromatic rings. The fourth-order valence-corrected chi connectivity index (χ4v) is 6.64. The molecule has 1 amide bonds. The van der Waals surface area contributed by atoms with Gasteiger partial charge in [-0.1, -0.05) is 45.0 Å². The number of anilines is 1. The predicted octanol–water partition coefficient (Wildman–Crippen LogP) is 5.36. The summed E-state index contributed by atoms with van der Waals surface area (Å²) in [4.78, 5) is 30.9. The molecule has 5 atom stereocenters. The number of ether oxygens (including phenoxy) is 2. The van der Waals surface area contributed by atoms with E-state index in [2.05, 4.69) is 5.32 Å². The standard InChI is InChI=1S/C32H42F3N3O5/c1-31(2,3)25-26(36-17-19-13-14-21(32(33,34)35)16-24(19)42-6)27(22-11-7-8-12-23(22)37(4)5)38(28(25)30(40)41)29(39)20-10-9-15-43-18-20/h7-8,11-14,16,20,25-28,36H,9-10,15,17-18H2,1-6H3,(H,40,41). The number of rotatable bonds is 8. The molecule has 0 spiro atoms. The zero-order valence-corrected chi connectivity index (χ0v) is 25.6. The number of carbonyl (C=O) groups excluding carboxylic acids is 1. The molecule has 8 nitrogen and oxygen atoms in total. The van der Waals surface area contributed by atoms with Crippen LogP contribution in [-0.4, -0.2) is 68.4 Å². The summed E-state index contributed by atoms with van der Waals surface area (Å²) < 4.78 is 51.2. The van der Waals surface area contributed by atoms with Gasteiger partial charge in [-0.3, -0.25) is 4.79 Å². The minimum Gasteiger partial charge on any atom is -0.496 e. The van der Waals surface area contributed by atoms with Gasteiger partial charge in [0.2, 0.25) is 5.91 Å². The van der Waals surface area contributed by atoms with Gasteiger partial charge in [-0.2, -0.15) is 13.2 Å². The van der Waals surface area contributed by atoms with Crippen LogP contribution in [0.1, 0.15) is 56.3 Å². The van der Waals surface area contributed by atoms with E-state index in [1.54, 1.807) is 4.90 Å². The van der Waals surface area contributed by atoms with E-state index in [9.17, 15) is 27.9 Å². The van der Waals surface area contributed by atoms with Gasteiger partial charge in [0.1, 0.15) is 11.8 Å². The second-order valence-electron chi connectivity index (χ2n) is 12.7. The lowest BCUT2D eigenvalue weighted by Crippen LogP contribution is -2.50. The second-order valence-corrected chi connectivity index (χ2v) is 12.7. The topological polar surface area (TPSA) is 91.3 Å². The molecule has 0 saturated carbocycles. The molecule has 2 aromatic carbocycles. The summed E-state index contributed by atoms with van der Waals surface area (Å²) in [5.74, 6) is -2.33. The van der Waals surface area contributed by atoms with Crippen LogP contribution in [-0.2, 0) is 27.0 Å². The molecule has 2 aliphatic rings. The molecule has 4 rings (SSSR count). The highest BCUT2D eigenvalue weighted by molar-refractivity contribution is 5.87. The van der Waals surface area contributed by atoms with E-state index in [0.29, 0.717) is 25.0 Å². The summed E-state index contributed by atoms with van der Waals surface area (Å²) in [5.41, 5.74) is 0.709. The average Bonchev–Trinajstić information content (AvgIpc) is 3.31. The van der Waals surface area contributed by atoms with Crippen LogP contribution >= 0.6 is 0 Å². The maximum absolute atomic E-state index is 14.3. The quantitative estimate of drug-likeness (QED) is 0.419. The Labute approximate surface area is 251 Å². The van der Waals surface area contributed by atoms with Crippen LogP contribution in [0.3, 0.4) is 0 Å².